The average molecular weight is 482 g/mol. The molecule has 0 fully saturated rings. The predicted molar refractivity (Wildman–Crippen MR) is 116 cm³/mol. The molecule has 3 N–H and O–H groups in total. The molecular weight excluding hydrogens is 451 g/mol. The van der Waals surface area contributed by atoms with E-state index in [4.69, 9.17) is 4.74 Å². The maximum absolute atomic E-state index is 11.5. The maximum Gasteiger partial charge on any atom is 0.407 e. The fourth-order valence-corrected chi connectivity index (χ4v) is 2.68. The third kappa shape index (κ3) is 12.0. The summed E-state index contributed by atoms with van der Waals surface area (Å²) in [7, 11) is 0. The fraction of sp³-hybridized carbons (Fsp3) is 0.647. The number of nitrogens with zero attached hydrogens (tertiary/aromatic N) is 1. The number of thiophene rings is 1. The standard InChI is InChI=1S/C17H30N4O2S.HI/c1-6-18-15(21-12-14-9-8-13(2)24-14)19-10-7-11-20-16(22)23-17(3,4)5;/h8-9H,6-7,10-12H2,1-5H3,(H,20,22)(H2,18,19,21);1H. The molecule has 1 heterocycles. The number of rotatable bonds is 7. The summed E-state index contributed by atoms with van der Waals surface area (Å²) >= 11 is 1.76. The second kappa shape index (κ2) is 12.3. The van der Waals surface area contributed by atoms with Crippen LogP contribution in [0.1, 0.15) is 43.9 Å². The van der Waals surface area contributed by atoms with Gasteiger partial charge in [0, 0.05) is 29.4 Å². The number of hydrogen-bond acceptors (Lipinski definition) is 4. The van der Waals surface area contributed by atoms with E-state index in [2.05, 4.69) is 40.0 Å². The summed E-state index contributed by atoms with van der Waals surface area (Å²) in [6, 6.07) is 4.22. The second-order valence-electron chi connectivity index (χ2n) is 6.42. The van der Waals surface area contributed by atoms with Crippen molar-refractivity contribution in [1.82, 2.24) is 16.0 Å². The lowest BCUT2D eigenvalue weighted by atomic mass is 10.2. The van der Waals surface area contributed by atoms with Crippen molar-refractivity contribution < 1.29 is 9.53 Å². The number of nitrogens with one attached hydrogen (secondary N) is 3. The maximum atomic E-state index is 11.5. The van der Waals surface area contributed by atoms with E-state index in [-0.39, 0.29) is 30.1 Å². The van der Waals surface area contributed by atoms with Crippen LogP contribution in [0.4, 0.5) is 4.79 Å². The molecule has 0 radical (unpaired) electrons. The lowest BCUT2D eigenvalue weighted by Gasteiger charge is -2.19. The highest BCUT2D eigenvalue weighted by atomic mass is 127. The SMILES string of the molecule is CCNC(=NCc1ccc(C)s1)NCCCNC(=O)OC(C)(C)C.I. The second-order valence-corrected chi connectivity index (χ2v) is 7.79. The molecular formula is C17H31IN4O2S. The van der Waals surface area contributed by atoms with E-state index in [0.717, 1.165) is 25.5 Å². The molecule has 6 nitrogen and oxygen atoms in total. The Morgan fingerprint density at radius 1 is 1.20 bits per heavy atom. The van der Waals surface area contributed by atoms with Gasteiger partial charge in [-0.25, -0.2) is 9.79 Å². The molecule has 0 aliphatic rings. The van der Waals surface area contributed by atoms with Crippen LogP contribution in [0.15, 0.2) is 17.1 Å². The Labute approximate surface area is 172 Å². The number of aryl methyl sites for hydroxylation is 1. The number of halogens is 1. The summed E-state index contributed by atoms with van der Waals surface area (Å²) in [4.78, 5) is 18.6. The highest BCUT2D eigenvalue weighted by Gasteiger charge is 2.15. The third-order valence-electron chi connectivity index (χ3n) is 2.85. The van der Waals surface area contributed by atoms with Gasteiger partial charge < -0.3 is 20.7 Å². The Hall–Kier alpha value is -1.03. The third-order valence-corrected chi connectivity index (χ3v) is 3.83. The molecule has 1 aromatic heterocycles. The molecule has 0 aromatic carbocycles. The molecule has 144 valence electrons. The van der Waals surface area contributed by atoms with E-state index in [1.54, 1.807) is 11.3 Å². The van der Waals surface area contributed by atoms with E-state index in [1.807, 2.05) is 27.7 Å². The Morgan fingerprint density at radius 2 is 1.88 bits per heavy atom. The summed E-state index contributed by atoms with van der Waals surface area (Å²) in [5.74, 6) is 0.792. The number of alkyl carbamates (subject to hydrolysis) is 1. The van der Waals surface area contributed by atoms with Gasteiger partial charge in [-0.3, -0.25) is 0 Å². The normalized spacial score (nSPS) is 11.5. The van der Waals surface area contributed by atoms with Crippen molar-refractivity contribution in [3.05, 3.63) is 21.9 Å². The Balaban J connectivity index is 0.00000576. The molecule has 0 unspecified atom stereocenters. The Morgan fingerprint density at radius 3 is 2.44 bits per heavy atom. The highest BCUT2D eigenvalue weighted by molar-refractivity contribution is 14.0. The van der Waals surface area contributed by atoms with Gasteiger partial charge in [0.1, 0.15) is 5.60 Å². The topological polar surface area (TPSA) is 74.8 Å². The minimum Gasteiger partial charge on any atom is -0.444 e. The summed E-state index contributed by atoms with van der Waals surface area (Å²) in [5.41, 5.74) is -0.465. The smallest absolute Gasteiger partial charge is 0.407 e. The molecule has 1 amide bonds. The minimum atomic E-state index is -0.465. The zero-order valence-corrected chi connectivity index (χ0v) is 18.9. The highest BCUT2D eigenvalue weighted by Crippen LogP contribution is 2.15. The van der Waals surface area contributed by atoms with Crippen molar-refractivity contribution in [2.75, 3.05) is 19.6 Å². The first kappa shape index (κ1) is 24.0. The molecule has 1 rings (SSSR count). The number of hydrogen-bond donors (Lipinski definition) is 3. The monoisotopic (exact) mass is 482 g/mol. The zero-order chi connectivity index (χ0) is 18.0. The first-order chi connectivity index (χ1) is 11.3. The van der Waals surface area contributed by atoms with Crippen molar-refractivity contribution in [2.24, 2.45) is 4.99 Å². The van der Waals surface area contributed by atoms with Gasteiger partial charge in [0.25, 0.3) is 0 Å². The van der Waals surface area contributed by atoms with Crippen LogP contribution in [-0.2, 0) is 11.3 Å². The molecule has 0 saturated carbocycles. The van der Waals surface area contributed by atoms with E-state index in [0.29, 0.717) is 13.1 Å². The van der Waals surface area contributed by atoms with E-state index in [9.17, 15) is 4.79 Å². The van der Waals surface area contributed by atoms with Crippen LogP contribution in [0, 0.1) is 6.92 Å². The molecule has 0 atom stereocenters. The van der Waals surface area contributed by atoms with Crippen LogP contribution in [0.25, 0.3) is 0 Å². The summed E-state index contributed by atoms with van der Waals surface area (Å²) in [5, 5.41) is 9.24. The van der Waals surface area contributed by atoms with E-state index in [1.165, 1.54) is 9.75 Å². The van der Waals surface area contributed by atoms with Crippen molar-refractivity contribution in [3.63, 3.8) is 0 Å². The van der Waals surface area contributed by atoms with Gasteiger partial charge in [-0.15, -0.1) is 35.3 Å². The van der Waals surface area contributed by atoms with E-state index < -0.39 is 5.60 Å². The molecule has 1 aromatic rings. The van der Waals surface area contributed by atoms with Crippen molar-refractivity contribution in [1.29, 1.82) is 0 Å². The van der Waals surface area contributed by atoms with Crippen LogP contribution in [0.2, 0.25) is 0 Å². The van der Waals surface area contributed by atoms with Gasteiger partial charge in [-0.2, -0.15) is 0 Å². The summed E-state index contributed by atoms with van der Waals surface area (Å²) in [6.45, 7) is 12.5. The predicted octanol–water partition coefficient (Wildman–Crippen LogP) is 3.64. The van der Waals surface area contributed by atoms with Gasteiger partial charge in [-0.1, -0.05) is 0 Å². The van der Waals surface area contributed by atoms with Crippen molar-refractivity contribution in [3.8, 4) is 0 Å². The molecule has 0 bridgehead atoms. The number of carbonyl (C=O) groups is 1. The number of aliphatic imine (C=N–C) groups is 1. The number of ether oxygens (including phenoxy) is 1. The molecule has 25 heavy (non-hydrogen) atoms. The van der Waals surface area contributed by atoms with Crippen molar-refractivity contribution >= 4 is 47.4 Å². The summed E-state index contributed by atoms with van der Waals surface area (Å²) in [6.07, 6.45) is 0.415. The van der Waals surface area contributed by atoms with Crippen LogP contribution in [0.3, 0.4) is 0 Å². The lowest BCUT2D eigenvalue weighted by Crippen LogP contribution is -2.39. The molecule has 0 saturated heterocycles. The minimum absolute atomic E-state index is 0. The Bertz CT molecular complexity index is 541. The van der Waals surface area contributed by atoms with Crippen molar-refractivity contribution in [2.45, 2.75) is 53.2 Å². The van der Waals surface area contributed by atoms with Gasteiger partial charge in [0.2, 0.25) is 0 Å². The number of amides is 1. The van der Waals surface area contributed by atoms with Crippen LogP contribution >= 0.6 is 35.3 Å². The van der Waals surface area contributed by atoms with Gasteiger partial charge >= 0.3 is 6.09 Å². The van der Waals surface area contributed by atoms with Crippen LogP contribution in [0.5, 0.6) is 0 Å². The molecule has 0 aliphatic heterocycles. The first-order valence-corrected chi connectivity index (χ1v) is 9.16. The van der Waals surface area contributed by atoms with Crippen LogP contribution < -0.4 is 16.0 Å². The van der Waals surface area contributed by atoms with Gasteiger partial charge in [0.15, 0.2) is 5.96 Å². The largest absolute Gasteiger partial charge is 0.444 e. The van der Waals surface area contributed by atoms with Gasteiger partial charge in [-0.05, 0) is 53.2 Å². The number of guanidine groups is 1. The summed E-state index contributed by atoms with van der Waals surface area (Å²) < 4.78 is 5.19. The zero-order valence-electron chi connectivity index (χ0n) is 15.8. The molecule has 0 spiro atoms. The lowest BCUT2D eigenvalue weighted by molar-refractivity contribution is 0.0527. The number of carbonyl (C=O) groups excluding carboxylic acids is 1. The quantitative estimate of drug-likeness (QED) is 0.240. The Kier molecular flexibility index (Phi) is 11.8. The average Bonchev–Trinajstić information content (AvgIpc) is 2.88. The fourth-order valence-electron chi connectivity index (χ4n) is 1.87. The first-order valence-electron chi connectivity index (χ1n) is 8.34. The van der Waals surface area contributed by atoms with E-state index >= 15 is 0 Å². The molecule has 8 heteroatoms. The van der Waals surface area contributed by atoms with Gasteiger partial charge in [0.05, 0.1) is 6.54 Å². The molecule has 0 aliphatic carbocycles. The van der Waals surface area contributed by atoms with Crippen LogP contribution in [-0.4, -0.2) is 37.3 Å².